The third kappa shape index (κ3) is 5.24. The average Bonchev–Trinajstić information content (AvgIpc) is 3.47. The van der Waals surface area contributed by atoms with Crippen LogP contribution < -0.4 is 10.5 Å². The molecule has 0 saturated carbocycles. The number of imidazole rings is 1. The summed E-state index contributed by atoms with van der Waals surface area (Å²) in [5.74, 6) is 0. The maximum Gasteiger partial charge on any atom is 0.416 e. The predicted octanol–water partition coefficient (Wildman–Crippen LogP) is 5.08. The highest BCUT2D eigenvalue weighted by molar-refractivity contribution is 5.77. The van der Waals surface area contributed by atoms with Crippen LogP contribution >= 0.6 is 0 Å². The van der Waals surface area contributed by atoms with Crippen LogP contribution in [0.2, 0.25) is 0 Å². The second kappa shape index (κ2) is 9.74. The van der Waals surface area contributed by atoms with Crippen molar-refractivity contribution in [2.75, 3.05) is 20.1 Å². The van der Waals surface area contributed by atoms with Gasteiger partial charge in [-0.25, -0.2) is 9.78 Å². The third-order valence-electron chi connectivity index (χ3n) is 6.88. The highest BCUT2D eigenvalue weighted by Gasteiger charge is 2.42. The number of H-pyrrole nitrogens is 1. The lowest BCUT2D eigenvalue weighted by Gasteiger charge is -2.28. The Morgan fingerprint density at radius 2 is 1.67 bits per heavy atom. The van der Waals surface area contributed by atoms with E-state index in [0.29, 0.717) is 34.1 Å². The number of aromatic amines is 1. The number of pyridine rings is 1. The third-order valence-corrected chi connectivity index (χ3v) is 6.88. The van der Waals surface area contributed by atoms with Gasteiger partial charge in [0.15, 0.2) is 5.65 Å². The van der Waals surface area contributed by atoms with E-state index in [4.69, 9.17) is 4.84 Å². The Kier molecular flexibility index (Phi) is 6.69. The topological polar surface area (TPSA) is 81.0 Å². The smallest absolute Gasteiger partial charge is 0.401 e. The van der Waals surface area contributed by atoms with Gasteiger partial charge in [0.2, 0.25) is 0 Å². The van der Waals surface area contributed by atoms with Gasteiger partial charge in [-0.2, -0.15) is 31.4 Å². The van der Waals surface area contributed by atoms with E-state index in [9.17, 15) is 31.1 Å². The fourth-order valence-corrected chi connectivity index (χ4v) is 4.88. The molecule has 4 heterocycles. The Morgan fingerprint density at radius 3 is 2.28 bits per heavy atom. The second-order valence-electron chi connectivity index (χ2n) is 9.57. The summed E-state index contributed by atoms with van der Waals surface area (Å²) in [6.07, 6.45) is -5.14. The molecule has 1 aromatic carbocycles. The zero-order valence-corrected chi connectivity index (χ0v) is 20.8. The summed E-state index contributed by atoms with van der Waals surface area (Å²) in [5, 5.41) is 4.45. The standard InChI is InChI=1S/C25H24F6N6O2/c1-14(21-18(24(26,27)28)4-3-5-19(21)25(29,30)31)39-37-20-10-15(11-32-22(20)34-23(37)38)16-12-33-36(13-16)17-6-8-35(2)9-7-17/h3-5,10-14,17H,6-9H2,1-2H3,(H,32,34,38). The lowest BCUT2D eigenvalue weighted by Crippen LogP contribution is -2.31. The van der Waals surface area contributed by atoms with Crippen LogP contribution in [0, 0.1) is 0 Å². The molecule has 1 fully saturated rings. The van der Waals surface area contributed by atoms with Gasteiger partial charge in [0.05, 0.1) is 23.4 Å². The number of nitrogens with zero attached hydrogens (tertiary/aromatic N) is 5. The summed E-state index contributed by atoms with van der Waals surface area (Å²) in [7, 11) is 2.05. The van der Waals surface area contributed by atoms with Crippen LogP contribution in [0.5, 0.6) is 0 Å². The van der Waals surface area contributed by atoms with E-state index >= 15 is 0 Å². The van der Waals surface area contributed by atoms with E-state index in [-0.39, 0.29) is 17.2 Å². The van der Waals surface area contributed by atoms with Crippen LogP contribution in [0.15, 0.2) is 47.7 Å². The van der Waals surface area contributed by atoms with Crippen molar-refractivity contribution in [3.63, 3.8) is 0 Å². The number of aromatic nitrogens is 5. The number of nitrogens with one attached hydrogen (secondary N) is 1. The molecule has 1 aliphatic heterocycles. The molecule has 8 nitrogen and oxygen atoms in total. The van der Waals surface area contributed by atoms with Crippen molar-refractivity contribution < 1.29 is 31.2 Å². The molecule has 1 unspecified atom stereocenters. The van der Waals surface area contributed by atoms with Gasteiger partial charge in [-0.1, -0.05) is 6.07 Å². The van der Waals surface area contributed by atoms with Gasteiger partial charge in [0, 0.05) is 29.1 Å². The van der Waals surface area contributed by atoms with Crippen molar-refractivity contribution in [3.8, 4) is 11.1 Å². The van der Waals surface area contributed by atoms with Crippen molar-refractivity contribution in [3.05, 3.63) is 70.0 Å². The fraction of sp³-hybridized carbons (Fsp3) is 0.400. The first-order valence-electron chi connectivity index (χ1n) is 12.1. The Hall–Kier alpha value is -3.81. The van der Waals surface area contributed by atoms with Crippen molar-refractivity contribution in [2.24, 2.45) is 0 Å². The predicted molar refractivity (Wildman–Crippen MR) is 129 cm³/mol. The van der Waals surface area contributed by atoms with Crippen LogP contribution in [-0.4, -0.2) is 49.5 Å². The molecular weight excluding hydrogens is 530 g/mol. The van der Waals surface area contributed by atoms with E-state index in [2.05, 4.69) is 27.0 Å². The first-order chi connectivity index (χ1) is 18.3. The number of halogens is 6. The molecule has 1 N–H and O–H groups in total. The first-order valence-corrected chi connectivity index (χ1v) is 12.1. The summed E-state index contributed by atoms with van der Waals surface area (Å²) in [6.45, 7) is 2.89. The van der Waals surface area contributed by atoms with Crippen LogP contribution in [0.25, 0.3) is 22.3 Å². The SMILES string of the molecule is CC(On1c(=O)[nH]c2ncc(-c3cnn(C4CCN(C)CC4)c3)cc21)c1c(C(F)(F)F)cccc1C(F)(F)F. The summed E-state index contributed by atoms with van der Waals surface area (Å²) in [4.78, 5) is 26.9. The number of fused-ring (bicyclic) bond motifs is 1. The minimum atomic E-state index is -5.08. The second-order valence-corrected chi connectivity index (χ2v) is 9.57. The van der Waals surface area contributed by atoms with Crippen molar-refractivity contribution in [1.29, 1.82) is 0 Å². The number of likely N-dealkylation sites (tertiary alicyclic amines) is 1. The normalized spacial score (nSPS) is 16.6. The van der Waals surface area contributed by atoms with Gasteiger partial charge in [0.1, 0.15) is 11.6 Å². The Labute approximate surface area is 217 Å². The van der Waals surface area contributed by atoms with Crippen LogP contribution in [0.3, 0.4) is 0 Å². The number of hydrogen-bond acceptors (Lipinski definition) is 5. The molecule has 39 heavy (non-hydrogen) atoms. The highest BCUT2D eigenvalue weighted by Crippen LogP contribution is 2.42. The number of piperidine rings is 1. The molecule has 208 valence electrons. The van der Waals surface area contributed by atoms with Gasteiger partial charge in [0.25, 0.3) is 0 Å². The molecule has 0 spiro atoms. The zero-order chi connectivity index (χ0) is 28.1. The monoisotopic (exact) mass is 554 g/mol. The Balaban J connectivity index is 1.50. The minimum absolute atomic E-state index is 0.0504. The van der Waals surface area contributed by atoms with E-state index in [1.54, 1.807) is 6.20 Å². The van der Waals surface area contributed by atoms with Crippen LogP contribution in [0.4, 0.5) is 26.3 Å². The first kappa shape index (κ1) is 26.8. The summed E-state index contributed by atoms with van der Waals surface area (Å²) in [6, 6.07) is 3.51. The molecule has 5 rings (SSSR count). The molecule has 1 atom stereocenters. The lowest BCUT2D eigenvalue weighted by atomic mass is 9.96. The van der Waals surface area contributed by atoms with Crippen molar-refractivity contribution in [1.82, 2.24) is 29.4 Å². The molecule has 3 aromatic heterocycles. The van der Waals surface area contributed by atoms with Gasteiger partial charge in [-0.15, -0.1) is 4.73 Å². The molecule has 14 heteroatoms. The molecule has 0 amide bonds. The minimum Gasteiger partial charge on any atom is -0.401 e. The molecule has 0 bridgehead atoms. The maximum absolute atomic E-state index is 13.7. The van der Waals surface area contributed by atoms with Gasteiger partial charge >= 0.3 is 18.0 Å². The van der Waals surface area contributed by atoms with Gasteiger partial charge < -0.3 is 9.74 Å². The van der Waals surface area contributed by atoms with E-state index < -0.39 is 40.8 Å². The molecule has 1 saturated heterocycles. The van der Waals surface area contributed by atoms with Crippen LogP contribution in [0.1, 0.15) is 48.6 Å². The largest absolute Gasteiger partial charge is 0.416 e. The maximum atomic E-state index is 13.7. The number of hydrogen-bond donors (Lipinski definition) is 1. The van der Waals surface area contributed by atoms with E-state index in [0.717, 1.165) is 32.9 Å². The highest BCUT2D eigenvalue weighted by atomic mass is 19.4. The van der Waals surface area contributed by atoms with Crippen LogP contribution in [-0.2, 0) is 12.4 Å². The summed E-state index contributed by atoms with van der Waals surface area (Å²) in [5.41, 5.74) is -3.71. The number of benzene rings is 1. The quantitative estimate of drug-likeness (QED) is 0.348. The van der Waals surface area contributed by atoms with Crippen molar-refractivity contribution in [2.45, 2.75) is 44.3 Å². The Morgan fingerprint density at radius 1 is 1.03 bits per heavy atom. The molecule has 1 aliphatic rings. The van der Waals surface area contributed by atoms with E-state index in [1.165, 1.54) is 12.3 Å². The lowest BCUT2D eigenvalue weighted by molar-refractivity contribution is -0.146. The fourth-order valence-electron chi connectivity index (χ4n) is 4.88. The molecule has 0 radical (unpaired) electrons. The van der Waals surface area contributed by atoms with Gasteiger partial charge in [-0.3, -0.25) is 9.67 Å². The average molecular weight is 554 g/mol. The summed E-state index contributed by atoms with van der Waals surface area (Å²) >= 11 is 0. The van der Waals surface area contributed by atoms with E-state index in [1.807, 2.05) is 10.9 Å². The Bertz CT molecular complexity index is 1510. The van der Waals surface area contributed by atoms with Crippen molar-refractivity contribution >= 4 is 11.2 Å². The zero-order valence-electron chi connectivity index (χ0n) is 20.8. The molecule has 4 aromatic rings. The van der Waals surface area contributed by atoms with Gasteiger partial charge in [-0.05, 0) is 58.1 Å². The molecular formula is C25H24F6N6O2. The molecule has 0 aliphatic carbocycles. The number of alkyl halides is 6. The number of rotatable bonds is 5. The summed E-state index contributed by atoms with van der Waals surface area (Å²) < 4.78 is 84.5.